The van der Waals surface area contributed by atoms with Gasteiger partial charge in [-0.1, -0.05) is 59.6 Å². The highest BCUT2D eigenvalue weighted by atomic mass is 35.5. The van der Waals surface area contributed by atoms with Crippen LogP contribution in [0.3, 0.4) is 0 Å². The van der Waals surface area contributed by atoms with Crippen molar-refractivity contribution in [2.24, 2.45) is 0 Å². The van der Waals surface area contributed by atoms with E-state index in [-0.39, 0.29) is 12.1 Å². The summed E-state index contributed by atoms with van der Waals surface area (Å²) in [5, 5.41) is 3.69. The van der Waals surface area contributed by atoms with Gasteiger partial charge in [0.15, 0.2) is 0 Å². The molecule has 0 aliphatic carbocycles. The van der Waals surface area contributed by atoms with Crippen LogP contribution in [0.5, 0.6) is 0 Å². The molecule has 0 unspecified atom stereocenters. The minimum Gasteiger partial charge on any atom is -0.318 e. The van der Waals surface area contributed by atoms with Crippen LogP contribution in [0.25, 0.3) is 5.69 Å². The molecule has 1 atom stereocenters. The Balaban J connectivity index is 1.63. The van der Waals surface area contributed by atoms with E-state index < -0.39 is 0 Å². The first-order valence-corrected chi connectivity index (χ1v) is 10.6. The fraction of sp³-hybridized carbons (Fsp3) is 0.115. The van der Waals surface area contributed by atoms with Crippen LogP contribution in [0.2, 0.25) is 5.02 Å². The van der Waals surface area contributed by atoms with Gasteiger partial charge in [0.05, 0.1) is 18.3 Å². The molecule has 4 nitrogen and oxygen atoms in total. The van der Waals surface area contributed by atoms with Gasteiger partial charge in [-0.15, -0.1) is 0 Å². The van der Waals surface area contributed by atoms with Gasteiger partial charge in [0, 0.05) is 22.6 Å². The van der Waals surface area contributed by atoms with Crippen molar-refractivity contribution in [3.63, 3.8) is 0 Å². The topological polar surface area (TPSA) is 37.3 Å². The number of rotatable bonds is 2. The van der Waals surface area contributed by atoms with E-state index in [1.807, 2.05) is 41.3 Å². The highest BCUT2D eigenvalue weighted by Gasteiger charge is 2.33. The molecule has 1 aliphatic heterocycles. The van der Waals surface area contributed by atoms with E-state index in [1.54, 1.807) is 12.1 Å². The molecular formula is C26H22ClN3O. The maximum Gasteiger partial charge on any atom is 0.322 e. The van der Waals surface area contributed by atoms with E-state index in [2.05, 4.69) is 59.4 Å². The molecule has 2 heterocycles. The predicted molar refractivity (Wildman–Crippen MR) is 125 cm³/mol. The second-order valence-corrected chi connectivity index (χ2v) is 8.25. The van der Waals surface area contributed by atoms with Crippen LogP contribution in [0, 0.1) is 6.92 Å². The van der Waals surface area contributed by atoms with E-state index in [9.17, 15) is 4.79 Å². The zero-order chi connectivity index (χ0) is 21.4. The van der Waals surface area contributed by atoms with Crippen LogP contribution in [-0.4, -0.2) is 15.5 Å². The molecule has 1 aliphatic rings. The average Bonchev–Trinajstić information content (AvgIpc) is 3.19. The molecule has 3 aromatic carbocycles. The van der Waals surface area contributed by atoms with E-state index >= 15 is 0 Å². The second kappa shape index (κ2) is 7.97. The Bertz CT molecular complexity index is 1250. The molecule has 0 spiro atoms. The minimum absolute atomic E-state index is 0.154. The summed E-state index contributed by atoms with van der Waals surface area (Å²) in [6.07, 6.45) is 2.07. The Labute approximate surface area is 186 Å². The molecule has 154 valence electrons. The number of fused-ring (bicyclic) bond motifs is 3. The summed E-state index contributed by atoms with van der Waals surface area (Å²) >= 11 is 6.01. The summed E-state index contributed by atoms with van der Waals surface area (Å²) in [7, 11) is 0. The van der Waals surface area contributed by atoms with Crippen molar-refractivity contribution in [2.45, 2.75) is 19.5 Å². The van der Waals surface area contributed by atoms with E-state index in [0.29, 0.717) is 17.3 Å². The summed E-state index contributed by atoms with van der Waals surface area (Å²) in [6, 6.07) is 27.5. The number of urea groups is 1. The lowest BCUT2D eigenvalue weighted by molar-refractivity contribution is 0.194. The standard InChI is InChI=1S/C26H22ClN3O/c1-18-6-4-8-19(16-18)25-24-10-5-15-29(24)23-9-3-2-7-20(23)17-30(25)26(31)28-22-13-11-21(27)12-14-22/h2-16,25H,17H2,1H3,(H,28,31)/t25-/m1/s1. The Kier molecular flexibility index (Phi) is 5.00. The third-order valence-electron chi connectivity index (χ3n) is 5.68. The van der Waals surface area contributed by atoms with Gasteiger partial charge in [-0.3, -0.25) is 0 Å². The zero-order valence-corrected chi connectivity index (χ0v) is 17.9. The first-order chi connectivity index (χ1) is 15.1. The third kappa shape index (κ3) is 3.71. The maximum absolute atomic E-state index is 13.6. The fourth-order valence-electron chi connectivity index (χ4n) is 4.26. The van der Waals surface area contributed by atoms with Crippen LogP contribution in [-0.2, 0) is 6.54 Å². The van der Waals surface area contributed by atoms with Crippen LogP contribution < -0.4 is 5.32 Å². The van der Waals surface area contributed by atoms with Crippen molar-refractivity contribution in [1.82, 2.24) is 9.47 Å². The average molecular weight is 428 g/mol. The van der Waals surface area contributed by atoms with Crippen molar-refractivity contribution in [3.8, 4) is 5.69 Å². The Morgan fingerprint density at radius 3 is 2.58 bits per heavy atom. The van der Waals surface area contributed by atoms with Gasteiger partial charge < -0.3 is 14.8 Å². The highest BCUT2D eigenvalue weighted by molar-refractivity contribution is 6.30. The molecule has 0 saturated carbocycles. The van der Waals surface area contributed by atoms with Gasteiger partial charge in [-0.25, -0.2) is 4.79 Å². The van der Waals surface area contributed by atoms with Gasteiger partial charge in [0.2, 0.25) is 0 Å². The summed E-state index contributed by atoms with van der Waals surface area (Å²) in [5.41, 5.74) is 6.21. The molecule has 31 heavy (non-hydrogen) atoms. The summed E-state index contributed by atoms with van der Waals surface area (Å²) in [5.74, 6) is 0. The normalized spacial score (nSPS) is 15.0. The lowest BCUT2D eigenvalue weighted by Crippen LogP contribution is -2.37. The lowest BCUT2D eigenvalue weighted by atomic mass is 10.00. The number of para-hydroxylation sites is 1. The zero-order valence-electron chi connectivity index (χ0n) is 17.1. The molecule has 0 saturated heterocycles. The monoisotopic (exact) mass is 427 g/mol. The number of hydrogen-bond acceptors (Lipinski definition) is 1. The third-order valence-corrected chi connectivity index (χ3v) is 5.93. The van der Waals surface area contributed by atoms with Crippen molar-refractivity contribution in [3.05, 3.63) is 119 Å². The number of halogens is 1. The summed E-state index contributed by atoms with van der Waals surface area (Å²) in [6.45, 7) is 2.57. The Morgan fingerprint density at radius 2 is 1.77 bits per heavy atom. The van der Waals surface area contributed by atoms with E-state index in [1.165, 1.54) is 0 Å². The largest absolute Gasteiger partial charge is 0.322 e. The number of aryl methyl sites for hydroxylation is 1. The SMILES string of the molecule is Cc1cccc([C@@H]2c3cccn3-c3ccccc3CN2C(=O)Nc2ccc(Cl)cc2)c1. The van der Waals surface area contributed by atoms with Crippen molar-refractivity contribution in [2.75, 3.05) is 5.32 Å². The molecule has 5 heteroatoms. The van der Waals surface area contributed by atoms with Gasteiger partial charge >= 0.3 is 6.03 Å². The van der Waals surface area contributed by atoms with Gasteiger partial charge in [-0.05, 0) is 60.5 Å². The number of nitrogens with one attached hydrogen (secondary N) is 1. The highest BCUT2D eigenvalue weighted by Crippen LogP contribution is 2.37. The van der Waals surface area contributed by atoms with E-state index in [0.717, 1.165) is 28.1 Å². The molecule has 5 rings (SSSR count). The van der Waals surface area contributed by atoms with Crippen molar-refractivity contribution in [1.29, 1.82) is 0 Å². The maximum atomic E-state index is 13.6. The molecule has 2 amide bonds. The summed E-state index contributed by atoms with van der Waals surface area (Å²) in [4.78, 5) is 15.5. The van der Waals surface area contributed by atoms with Crippen molar-refractivity contribution < 1.29 is 4.79 Å². The number of anilines is 1. The fourth-order valence-corrected chi connectivity index (χ4v) is 4.38. The number of benzene rings is 3. The smallest absolute Gasteiger partial charge is 0.318 e. The molecule has 1 N–H and O–H groups in total. The number of hydrogen-bond donors (Lipinski definition) is 1. The second-order valence-electron chi connectivity index (χ2n) is 7.81. The minimum atomic E-state index is -0.227. The number of amides is 2. The first kappa shape index (κ1) is 19.5. The lowest BCUT2D eigenvalue weighted by Gasteiger charge is -2.31. The van der Waals surface area contributed by atoms with E-state index in [4.69, 9.17) is 11.6 Å². The van der Waals surface area contributed by atoms with Gasteiger partial charge in [-0.2, -0.15) is 0 Å². The van der Waals surface area contributed by atoms with Gasteiger partial charge in [0.1, 0.15) is 0 Å². The van der Waals surface area contributed by atoms with Crippen LogP contribution in [0.4, 0.5) is 10.5 Å². The van der Waals surface area contributed by atoms with Gasteiger partial charge in [0.25, 0.3) is 0 Å². The molecule has 0 radical (unpaired) electrons. The van der Waals surface area contributed by atoms with Crippen LogP contribution in [0.1, 0.15) is 28.4 Å². The molecular weight excluding hydrogens is 406 g/mol. The molecule has 0 fully saturated rings. The Hall–Kier alpha value is -3.50. The van der Waals surface area contributed by atoms with Crippen LogP contribution in [0.15, 0.2) is 91.1 Å². The summed E-state index contributed by atoms with van der Waals surface area (Å²) < 4.78 is 2.19. The number of aromatic nitrogens is 1. The van der Waals surface area contributed by atoms with Crippen molar-refractivity contribution >= 4 is 23.3 Å². The molecule has 0 bridgehead atoms. The first-order valence-electron chi connectivity index (χ1n) is 10.3. The van der Waals surface area contributed by atoms with Crippen LogP contribution >= 0.6 is 11.6 Å². The predicted octanol–water partition coefficient (Wildman–Crippen LogP) is 6.58. The number of nitrogens with zero attached hydrogens (tertiary/aromatic N) is 2. The number of carbonyl (C=O) groups is 1. The Morgan fingerprint density at radius 1 is 0.968 bits per heavy atom. The molecule has 4 aromatic rings. The molecule has 1 aromatic heterocycles. The quantitative estimate of drug-likeness (QED) is 0.385. The number of carbonyl (C=O) groups excluding carboxylic acids is 1.